The van der Waals surface area contributed by atoms with Crippen LogP contribution in [0.3, 0.4) is 0 Å². The van der Waals surface area contributed by atoms with E-state index >= 15 is 0 Å². The maximum atomic E-state index is 5.50. The van der Waals surface area contributed by atoms with E-state index in [-0.39, 0.29) is 0 Å². The van der Waals surface area contributed by atoms with Crippen LogP contribution < -0.4 is 14.8 Å². The highest BCUT2D eigenvalue weighted by atomic mass is 16.5. The minimum absolute atomic E-state index is 0.579. The summed E-state index contributed by atoms with van der Waals surface area (Å²) in [6.45, 7) is 3.20. The summed E-state index contributed by atoms with van der Waals surface area (Å²) in [6, 6.07) is 4.69. The molecule has 0 aromatic heterocycles. The van der Waals surface area contributed by atoms with Crippen LogP contribution in [0.15, 0.2) is 12.1 Å². The van der Waals surface area contributed by atoms with Crippen molar-refractivity contribution in [2.45, 2.75) is 32.2 Å². The Morgan fingerprint density at radius 3 is 2.71 bits per heavy atom. The predicted molar refractivity (Wildman–Crippen MR) is 69.0 cm³/mol. The van der Waals surface area contributed by atoms with E-state index in [9.17, 15) is 0 Å². The van der Waals surface area contributed by atoms with Crippen LogP contribution in [-0.2, 0) is 6.42 Å². The van der Waals surface area contributed by atoms with Gasteiger partial charge in [-0.15, -0.1) is 0 Å². The lowest BCUT2D eigenvalue weighted by Crippen LogP contribution is -2.24. The van der Waals surface area contributed by atoms with Crippen molar-refractivity contribution in [1.82, 2.24) is 5.32 Å². The lowest BCUT2D eigenvalue weighted by atomic mass is 10.0. The Morgan fingerprint density at radius 2 is 2.12 bits per heavy atom. The van der Waals surface area contributed by atoms with E-state index in [1.54, 1.807) is 14.2 Å². The molecule has 94 valence electrons. The van der Waals surface area contributed by atoms with E-state index in [1.807, 2.05) is 6.07 Å². The molecule has 3 heteroatoms. The van der Waals surface area contributed by atoms with Crippen molar-refractivity contribution >= 4 is 0 Å². The van der Waals surface area contributed by atoms with Crippen LogP contribution in [-0.4, -0.2) is 26.8 Å². The highest BCUT2D eigenvalue weighted by Gasteiger charge is 2.18. The summed E-state index contributed by atoms with van der Waals surface area (Å²) >= 11 is 0. The monoisotopic (exact) mass is 235 g/mol. The van der Waals surface area contributed by atoms with Gasteiger partial charge in [0.2, 0.25) is 0 Å². The number of ether oxygens (including phenoxy) is 2. The van der Waals surface area contributed by atoms with Crippen molar-refractivity contribution < 1.29 is 9.47 Å². The largest absolute Gasteiger partial charge is 0.497 e. The number of rotatable bonds is 4. The fraction of sp³-hybridized carbons (Fsp3) is 0.571. The molecule has 0 bridgehead atoms. The van der Waals surface area contributed by atoms with Gasteiger partial charge >= 0.3 is 0 Å². The summed E-state index contributed by atoms with van der Waals surface area (Å²) in [7, 11) is 3.44. The molecule has 1 N–H and O–H groups in total. The molecule has 1 atom stereocenters. The van der Waals surface area contributed by atoms with Gasteiger partial charge in [0.1, 0.15) is 11.5 Å². The van der Waals surface area contributed by atoms with Crippen LogP contribution in [0, 0.1) is 6.92 Å². The first-order valence-corrected chi connectivity index (χ1v) is 6.19. The molecule has 0 aliphatic carbocycles. The van der Waals surface area contributed by atoms with Crippen LogP contribution in [0.1, 0.15) is 24.0 Å². The van der Waals surface area contributed by atoms with Gasteiger partial charge in [0, 0.05) is 6.04 Å². The molecule has 0 radical (unpaired) electrons. The third-order valence-electron chi connectivity index (χ3n) is 3.39. The molecule has 1 unspecified atom stereocenters. The number of methoxy groups -OCH3 is 2. The predicted octanol–water partition coefficient (Wildman–Crippen LogP) is 2.31. The zero-order valence-electron chi connectivity index (χ0n) is 10.9. The first-order chi connectivity index (χ1) is 8.24. The third kappa shape index (κ3) is 2.72. The molecule has 3 nitrogen and oxygen atoms in total. The lowest BCUT2D eigenvalue weighted by molar-refractivity contribution is 0.393. The number of benzene rings is 1. The second kappa shape index (κ2) is 5.41. The summed E-state index contributed by atoms with van der Waals surface area (Å²) in [4.78, 5) is 0. The number of hydrogen-bond acceptors (Lipinski definition) is 3. The Kier molecular flexibility index (Phi) is 3.89. The van der Waals surface area contributed by atoms with Crippen molar-refractivity contribution in [2.24, 2.45) is 0 Å². The molecule has 0 amide bonds. The van der Waals surface area contributed by atoms with Crippen molar-refractivity contribution in [3.8, 4) is 11.5 Å². The average Bonchev–Trinajstić information content (AvgIpc) is 2.81. The van der Waals surface area contributed by atoms with E-state index in [4.69, 9.17) is 9.47 Å². The summed E-state index contributed by atoms with van der Waals surface area (Å²) in [5.41, 5.74) is 2.38. The van der Waals surface area contributed by atoms with E-state index in [0.29, 0.717) is 6.04 Å². The highest BCUT2D eigenvalue weighted by Crippen LogP contribution is 2.30. The SMILES string of the molecule is COc1cc(C)c(OC)c(CC2CCCN2)c1. The topological polar surface area (TPSA) is 30.5 Å². The van der Waals surface area contributed by atoms with E-state index in [1.165, 1.54) is 18.4 Å². The first kappa shape index (κ1) is 12.2. The second-order valence-electron chi connectivity index (χ2n) is 4.63. The van der Waals surface area contributed by atoms with Gasteiger partial charge in [0.25, 0.3) is 0 Å². The van der Waals surface area contributed by atoms with Crippen LogP contribution in [0.5, 0.6) is 11.5 Å². The molecule has 1 aliphatic heterocycles. The zero-order chi connectivity index (χ0) is 12.3. The van der Waals surface area contributed by atoms with Gasteiger partial charge in [-0.2, -0.15) is 0 Å². The quantitative estimate of drug-likeness (QED) is 0.868. The van der Waals surface area contributed by atoms with Crippen LogP contribution in [0.2, 0.25) is 0 Å². The number of nitrogens with one attached hydrogen (secondary N) is 1. The number of hydrogen-bond donors (Lipinski definition) is 1. The van der Waals surface area contributed by atoms with Gasteiger partial charge in [-0.25, -0.2) is 0 Å². The molecular formula is C14H21NO2. The third-order valence-corrected chi connectivity index (χ3v) is 3.39. The molecule has 1 heterocycles. The highest BCUT2D eigenvalue weighted by molar-refractivity contribution is 5.47. The van der Waals surface area contributed by atoms with Crippen molar-refractivity contribution in [3.05, 3.63) is 23.3 Å². The normalized spacial score (nSPS) is 19.4. The fourth-order valence-corrected chi connectivity index (χ4v) is 2.57. The fourth-order valence-electron chi connectivity index (χ4n) is 2.57. The molecule has 2 rings (SSSR count). The molecule has 17 heavy (non-hydrogen) atoms. The first-order valence-electron chi connectivity index (χ1n) is 6.19. The van der Waals surface area contributed by atoms with Gasteiger partial charge in [-0.3, -0.25) is 0 Å². The summed E-state index contributed by atoms with van der Waals surface area (Å²) in [6.07, 6.45) is 3.54. The molecule has 0 spiro atoms. The summed E-state index contributed by atoms with van der Waals surface area (Å²) in [5, 5.41) is 3.52. The minimum atomic E-state index is 0.579. The van der Waals surface area contributed by atoms with Gasteiger partial charge in [0.05, 0.1) is 14.2 Å². The molecule has 1 fully saturated rings. The Morgan fingerprint density at radius 1 is 1.29 bits per heavy atom. The van der Waals surface area contributed by atoms with E-state index < -0.39 is 0 Å². The summed E-state index contributed by atoms with van der Waals surface area (Å²) in [5.74, 6) is 1.91. The average molecular weight is 235 g/mol. The maximum absolute atomic E-state index is 5.50. The Bertz CT molecular complexity index is 384. The molecular weight excluding hydrogens is 214 g/mol. The molecule has 0 saturated carbocycles. The second-order valence-corrected chi connectivity index (χ2v) is 4.63. The minimum Gasteiger partial charge on any atom is -0.497 e. The van der Waals surface area contributed by atoms with Crippen LogP contribution in [0.25, 0.3) is 0 Å². The number of aryl methyl sites for hydroxylation is 1. The van der Waals surface area contributed by atoms with Crippen molar-refractivity contribution in [1.29, 1.82) is 0 Å². The van der Waals surface area contributed by atoms with Crippen molar-refractivity contribution in [2.75, 3.05) is 20.8 Å². The maximum Gasteiger partial charge on any atom is 0.125 e. The van der Waals surface area contributed by atoms with Crippen LogP contribution in [0.4, 0.5) is 0 Å². The zero-order valence-corrected chi connectivity index (χ0v) is 10.9. The van der Waals surface area contributed by atoms with Gasteiger partial charge < -0.3 is 14.8 Å². The smallest absolute Gasteiger partial charge is 0.125 e. The van der Waals surface area contributed by atoms with Gasteiger partial charge in [-0.1, -0.05) is 0 Å². The Labute approximate surface area is 103 Å². The molecule has 1 saturated heterocycles. The lowest BCUT2D eigenvalue weighted by Gasteiger charge is -2.16. The summed E-state index contributed by atoms with van der Waals surface area (Å²) < 4.78 is 10.8. The molecule has 1 aromatic rings. The standard InChI is InChI=1S/C14H21NO2/c1-10-7-13(16-2)9-11(14(10)17-3)8-12-5-4-6-15-12/h7,9,12,15H,4-6,8H2,1-3H3. The Hall–Kier alpha value is -1.22. The molecule has 1 aromatic carbocycles. The Balaban J connectivity index is 2.25. The van der Waals surface area contributed by atoms with Crippen molar-refractivity contribution in [3.63, 3.8) is 0 Å². The van der Waals surface area contributed by atoms with Gasteiger partial charge in [0.15, 0.2) is 0 Å². The molecule has 1 aliphatic rings. The van der Waals surface area contributed by atoms with E-state index in [2.05, 4.69) is 18.3 Å². The van der Waals surface area contributed by atoms with Crippen LogP contribution >= 0.6 is 0 Å². The van der Waals surface area contributed by atoms with Gasteiger partial charge in [-0.05, 0) is 56.0 Å². The van der Waals surface area contributed by atoms with E-state index in [0.717, 1.165) is 30.0 Å².